The van der Waals surface area contributed by atoms with Crippen molar-refractivity contribution in [3.8, 4) is 0 Å². The second-order valence-corrected chi connectivity index (χ2v) is 5.84. The molecule has 4 nitrogen and oxygen atoms in total. The van der Waals surface area contributed by atoms with Crippen molar-refractivity contribution in [2.45, 2.75) is 27.2 Å². The van der Waals surface area contributed by atoms with Crippen LogP contribution in [0.5, 0.6) is 0 Å². The van der Waals surface area contributed by atoms with Crippen LogP contribution in [0, 0.1) is 12.8 Å². The first-order valence-corrected chi connectivity index (χ1v) is 7.62. The minimum absolute atomic E-state index is 0. The molecule has 0 aliphatic heterocycles. The van der Waals surface area contributed by atoms with Crippen molar-refractivity contribution in [1.29, 1.82) is 0 Å². The molecule has 0 amide bonds. The number of rotatable bonds is 5. The number of benzene rings is 1. The zero-order valence-corrected chi connectivity index (χ0v) is 16.2. The van der Waals surface area contributed by atoms with E-state index in [1.807, 2.05) is 7.05 Å². The molecule has 0 bridgehead atoms. The number of guanidine groups is 1. The molecular weight excluding hydrogens is 387 g/mol. The van der Waals surface area contributed by atoms with Crippen molar-refractivity contribution in [2.24, 2.45) is 10.9 Å². The van der Waals surface area contributed by atoms with Crippen LogP contribution in [0.4, 0.5) is 0 Å². The van der Waals surface area contributed by atoms with Crippen LogP contribution in [0.3, 0.4) is 0 Å². The zero-order valence-electron chi connectivity index (χ0n) is 13.9. The highest BCUT2D eigenvalue weighted by Crippen LogP contribution is 2.21. The van der Waals surface area contributed by atoms with Crippen molar-refractivity contribution in [2.75, 3.05) is 20.1 Å². The molecule has 0 saturated heterocycles. The number of hydrogen-bond donors (Lipinski definition) is 3. The summed E-state index contributed by atoms with van der Waals surface area (Å²) < 4.78 is 0. The third kappa shape index (κ3) is 4.90. The van der Waals surface area contributed by atoms with E-state index in [9.17, 15) is 0 Å². The number of nitrogens with one attached hydrogen (secondary N) is 3. The lowest BCUT2D eigenvalue weighted by Gasteiger charge is -2.13. The summed E-state index contributed by atoms with van der Waals surface area (Å²) in [5, 5.41) is 8.01. The second-order valence-electron chi connectivity index (χ2n) is 5.84. The lowest BCUT2D eigenvalue weighted by molar-refractivity contribution is 0.614. The smallest absolute Gasteiger partial charge is 0.190 e. The van der Waals surface area contributed by atoms with E-state index in [-0.39, 0.29) is 24.0 Å². The average molecular weight is 414 g/mol. The van der Waals surface area contributed by atoms with E-state index in [0.717, 1.165) is 25.5 Å². The fourth-order valence-electron chi connectivity index (χ4n) is 2.41. The van der Waals surface area contributed by atoms with Crippen LogP contribution in [0.15, 0.2) is 29.4 Å². The summed E-state index contributed by atoms with van der Waals surface area (Å²) in [7, 11) is 1.81. The third-order valence-corrected chi connectivity index (χ3v) is 3.60. The Morgan fingerprint density at radius 1 is 1.27 bits per heavy atom. The summed E-state index contributed by atoms with van der Waals surface area (Å²) in [5.41, 5.74) is 3.89. The molecule has 1 heterocycles. The quantitative estimate of drug-likeness (QED) is 0.399. The molecule has 0 aliphatic carbocycles. The molecular formula is C17H27IN4. The van der Waals surface area contributed by atoms with Crippen molar-refractivity contribution in [1.82, 2.24) is 15.6 Å². The van der Waals surface area contributed by atoms with E-state index in [0.29, 0.717) is 5.92 Å². The van der Waals surface area contributed by atoms with Crippen molar-refractivity contribution >= 4 is 40.8 Å². The highest BCUT2D eigenvalue weighted by molar-refractivity contribution is 14.0. The van der Waals surface area contributed by atoms with Gasteiger partial charge < -0.3 is 15.6 Å². The summed E-state index contributed by atoms with van der Waals surface area (Å²) in [5.74, 6) is 1.49. The van der Waals surface area contributed by atoms with E-state index >= 15 is 0 Å². The third-order valence-electron chi connectivity index (χ3n) is 3.60. The number of halogens is 1. The molecule has 0 unspecified atom stereocenters. The maximum Gasteiger partial charge on any atom is 0.190 e. The Labute approximate surface area is 150 Å². The Bertz CT molecular complexity index is 616. The van der Waals surface area contributed by atoms with Gasteiger partial charge in [-0.15, -0.1) is 24.0 Å². The van der Waals surface area contributed by atoms with E-state index in [4.69, 9.17) is 0 Å². The first-order chi connectivity index (χ1) is 10.1. The van der Waals surface area contributed by atoms with Crippen molar-refractivity contribution in [3.63, 3.8) is 0 Å². The average Bonchev–Trinajstić information content (AvgIpc) is 2.87. The molecule has 0 radical (unpaired) electrons. The molecule has 1 aromatic carbocycles. The second kappa shape index (κ2) is 9.02. The topological polar surface area (TPSA) is 52.2 Å². The molecule has 0 saturated carbocycles. The minimum atomic E-state index is 0. The van der Waals surface area contributed by atoms with E-state index in [1.165, 1.54) is 22.0 Å². The lowest BCUT2D eigenvalue weighted by atomic mass is 10.1. The van der Waals surface area contributed by atoms with E-state index in [1.54, 1.807) is 0 Å². The number of H-pyrrole nitrogens is 1. The van der Waals surface area contributed by atoms with Gasteiger partial charge in [0.05, 0.1) is 0 Å². The number of aromatic amines is 1. The number of nitrogens with zero attached hydrogens (tertiary/aromatic N) is 1. The van der Waals surface area contributed by atoms with Gasteiger partial charge in [-0.1, -0.05) is 32.0 Å². The number of para-hydroxylation sites is 1. The van der Waals surface area contributed by atoms with Crippen LogP contribution in [0.2, 0.25) is 0 Å². The first-order valence-electron chi connectivity index (χ1n) is 7.62. The molecule has 0 spiro atoms. The fourth-order valence-corrected chi connectivity index (χ4v) is 2.41. The zero-order chi connectivity index (χ0) is 15.2. The highest BCUT2D eigenvalue weighted by Gasteiger charge is 2.05. The number of aliphatic imine (C=N–C) groups is 1. The van der Waals surface area contributed by atoms with Gasteiger partial charge >= 0.3 is 0 Å². The van der Waals surface area contributed by atoms with Crippen LogP contribution in [0.25, 0.3) is 10.9 Å². The summed E-state index contributed by atoms with van der Waals surface area (Å²) >= 11 is 0. The van der Waals surface area contributed by atoms with Gasteiger partial charge in [0.2, 0.25) is 0 Å². The van der Waals surface area contributed by atoms with Gasteiger partial charge in [0.25, 0.3) is 0 Å². The standard InChI is InChI=1S/C17H26N4.HI/c1-12(2)10-21-17(18-4)19-9-8-14-11-20-16-13(3)6-5-7-15(14)16;/h5-7,11-12,20H,8-10H2,1-4H3,(H2,18,19,21);1H. The monoisotopic (exact) mass is 414 g/mol. The first kappa shape index (κ1) is 18.8. The Hall–Kier alpha value is -1.24. The van der Waals surface area contributed by atoms with Gasteiger partial charge in [-0.2, -0.15) is 0 Å². The molecule has 1 aromatic heterocycles. The lowest BCUT2D eigenvalue weighted by Crippen LogP contribution is -2.39. The minimum Gasteiger partial charge on any atom is -0.361 e. The van der Waals surface area contributed by atoms with Crippen LogP contribution in [0.1, 0.15) is 25.0 Å². The normalized spacial score (nSPS) is 11.6. The van der Waals surface area contributed by atoms with Crippen LogP contribution >= 0.6 is 24.0 Å². The molecule has 2 rings (SSSR count). The van der Waals surface area contributed by atoms with Gasteiger partial charge in [0, 0.05) is 37.2 Å². The number of aromatic nitrogens is 1. The Balaban J connectivity index is 0.00000242. The Morgan fingerprint density at radius 3 is 2.73 bits per heavy atom. The van der Waals surface area contributed by atoms with Crippen LogP contribution < -0.4 is 10.6 Å². The summed E-state index contributed by atoms with van der Waals surface area (Å²) in [6, 6.07) is 6.43. The van der Waals surface area contributed by atoms with E-state index < -0.39 is 0 Å². The number of fused-ring (bicyclic) bond motifs is 1. The summed E-state index contributed by atoms with van der Waals surface area (Å²) in [6.07, 6.45) is 3.09. The maximum absolute atomic E-state index is 4.24. The van der Waals surface area contributed by atoms with Gasteiger partial charge in [0.15, 0.2) is 5.96 Å². The molecule has 5 heteroatoms. The SMILES string of the molecule is CN=C(NCCc1c[nH]c2c(C)cccc12)NCC(C)C.I. The molecule has 0 atom stereocenters. The Morgan fingerprint density at radius 2 is 2.05 bits per heavy atom. The van der Waals surface area contributed by atoms with E-state index in [2.05, 4.69) is 65.8 Å². The van der Waals surface area contributed by atoms with Gasteiger partial charge in [-0.05, 0) is 30.4 Å². The Kier molecular flexibility index (Phi) is 7.72. The number of hydrogen-bond acceptors (Lipinski definition) is 1. The van der Waals surface area contributed by atoms with Crippen molar-refractivity contribution < 1.29 is 0 Å². The summed E-state index contributed by atoms with van der Waals surface area (Å²) in [6.45, 7) is 8.33. The largest absolute Gasteiger partial charge is 0.361 e. The summed E-state index contributed by atoms with van der Waals surface area (Å²) in [4.78, 5) is 7.62. The van der Waals surface area contributed by atoms with Crippen LogP contribution in [-0.4, -0.2) is 31.1 Å². The maximum atomic E-state index is 4.24. The molecule has 3 N–H and O–H groups in total. The predicted molar refractivity (Wildman–Crippen MR) is 106 cm³/mol. The molecule has 0 aliphatic rings. The van der Waals surface area contributed by atoms with Crippen LogP contribution in [-0.2, 0) is 6.42 Å². The van der Waals surface area contributed by atoms with Gasteiger partial charge in [-0.25, -0.2) is 0 Å². The highest BCUT2D eigenvalue weighted by atomic mass is 127. The predicted octanol–water partition coefficient (Wildman–Crippen LogP) is 3.46. The fraction of sp³-hybridized carbons (Fsp3) is 0.471. The molecule has 0 fully saturated rings. The molecule has 22 heavy (non-hydrogen) atoms. The molecule has 2 aromatic rings. The number of aryl methyl sites for hydroxylation is 1. The van der Waals surface area contributed by atoms with Gasteiger partial charge in [0.1, 0.15) is 0 Å². The van der Waals surface area contributed by atoms with Gasteiger partial charge in [-0.3, -0.25) is 4.99 Å². The van der Waals surface area contributed by atoms with Crippen molar-refractivity contribution in [3.05, 3.63) is 35.5 Å². The molecule has 122 valence electrons.